The van der Waals surface area contributed by atoms with Gasteiger partial charge in [0.1, 0.15) is 0 Å². The van der Waals surface area contributed by atoms with Crippen LogP contribution in [0.15, 0.2) is 42.6 Å². The van der Waals surface area contributed by atoms with Gasteiger partial charge in [0.15, 0.2) is 0 Å². The third-order valence-electron chi connectivity index (χ3n) is 2.80. The minimum atomic E-state index is -0.424. The van der Waals surface area contributed by atoms with Crippen molar-refractivity contribution in [1.29, 1.82) is 0 Å². The van der Waals surface area contributed by atoms with E-state index < -0.39 is 5.91 Å². The number of carbonyl (C=O) groups excluding carboxylic acids is 1. The molecule has 4 nitrogen and oxygen atoms in total. The number of aromatic nitrogens is 1. The van der Waals surface area contributed by atoms with E-state index in [2.05, 4.69) is 9.88 Å². The fourth-order valence-corrected chi connectivity index (χ4v) is 1.99. The Labute approximate surface area is 112 Å². The molecule has 0 fully saturated rings. The zero-order chi connectivity index (χ0) is 13.8. The largest absolute Gasteiger partial charge is 0.366 e. The number of rotatable bonds is 4. The molecule has 0 atom stereocenters. The fourth-order valence-electron chi connectivity index (χ4n) is 1.99. The molecule has 1 amide bonds. The second-order valence-corrected chi connectivity index (χ2v) is 4.69. The van der Waals surface area contributed by atoms with Crippen molar-refractivity contribution in [3.8, 4) is 11.3 Å². The minimum absolute atomic E-state index is 0.424. The molecule has 0 aliphatic rings. The van der Waals surface area contributed by atoms with E-state index in [0.29, 0.717) is 5.56 Å². The van der Waals surface area contributed by atoms with Crippen LogP contribution in [0.3, 0.4) is 0 Å². The maximum Gasteiger partial charge on any atom is 0.248 e. The van der Waals surface area contributed by atoms with Crippen LogP contribution in [-0.4, -0.2) is 29.9 Å². The lowest BCUT2D eigenvalue weighted by Crippen LogP contribution is -2.12. The van der Waals surface area contributed by atoms with Gasteiger partial charge in [-0.25, -0.2) is 0 Å². The molecule has 1 aromatic heterocycles. The van der Waals surface area contributed by atoms with Crippen molar-refractivity contribution in [1.82, 2.24) is 9.88 Å². The summed E-state index contributed by atoms with van der Waals surface area (Å²) >= 11 is 0. The van der Waals surface area contributed by atoms with E-state index in [0.717, 1.165) is 23.4 Å². The van der Waals surface area contributed by atoms with Crippen LogP contribution in [0.25, 0.3) is 11.3 Å². The second kappa shape index (κ2) is 5.63. The zero-order valence-electron chi connectivity index (χ0n) is 11.1. The number of primary amides is 1. The summed E-state index contributed by atoms with van der Waals surface area (Å²) in [4.78, 5) is 17.7. The lowest BCUT2D eigenvalue weighted by Gasteiger charge is -2.13. The minimum Gasteiger partial charge on any atom is -0.366 e. The molecule has 0 saturated carbocycles. The molecule has 0 radical (unpaired) electrons. The van der Waals surface area contributed by atoms with Crippen LogP contribution in [0.2, 0.25) is 0 Å². The van der Waals surface area contributed by atoms with Crippen molar-refractivity contribution in [3.63, 3.8) is 0 Å². The molecular formula is C15H17N3O. The lowest BCUT2D eigenvalue weighted by atomic mass is 10.0. The zero-order valence-corrected chi connectivity index (χ0v) is 11.1. The Kier molecular flexibility index (Phi) is 3.92. The Morgan fingerprint density at radius 2 is 2.05 bits per heavy atom. The first kappa shape index (κ1) is 13.2. The fraction of sp³-hybridized carbons (Fsp3) is 0.200. The molecular weight excluding hydrogens is 238 g/mol. The van der Waals surface area contributed by atoms with Gasteiger partial charge in [0.25, 0.3) is 0 Å². The van der Waals surface area contributed by atoms with Crippen LogP contribution < -0.4 is 5.73 Å². The van der Waals surface area contributed by atoms with Crippen molar-refractivity contribution < 1.29 is 4.79 Å². The molecule has 98 valence electrons. The van der Waals surface area contributed by atoms with Crippen molar-refractivity contribution in [2.24, 2.45) is 5.73 Å². The standard InChI is InChI=1S/C15H17N3O/c1-18(2)10-13-7-4-8-17-14(13)11-5-3-6-12(9-11)15(16)19/h3-9H,10H2,1-2H3,(H2,16,19). The average molecular weight is 255 g/mol. The number of pyridine rings is 1. The van der Waals surface area contributed by atoms with E-state index in [1.54, 1.807) is 18.3 Å². The van der Waals surface area contributed by atoms with Gasteiger partial charge in [0, 0.05) is 23.9 Å². The molecule has 0 aliphatic carbocycles. The summed E-state index contributed by atoms with van der Waals surface area (Å²) in [6, 6.07) is 11.2. The highest BCUT2D eigenvalue weighted by Gasteiger charge is 2.09. The predicted octanol–water partition coefficient (Wildman–Crippen LogP) is 1.91. The smallest absolute Gasteiger partial charge is 0.248 e. The van der Waals surface area contributed by atoms with Gasteiger partial charge < -0.3 is 10.6 Å². The third kappa shape index (κ3) is 3.17. The monoisotopic (exact) mass is 255 g/mol. The number of benzene rings is 1. The van der Waals surface area contributed by atoms with Crippen LogP contribution in [0.5, 0.6) is 0 Å². The Morgan fingerprint density at radius 1 is 1.26 bits per heavy atom. The van der Waals surface area contributed by atoms with Gasteiger partial charge in [-0.3, -0.25) is 9.78 Å². The first-order valence-corrected chi connectivity index (χ1v) is 6.07. The van der Waals surface area contributed by atoms with Gasteiger partial charge in [-0.05, 0) is 37.9 Å². The Hall–Kier alpha value is -2.20. The molecule has 19 heavy (non-hydrogen) atoms. The van der Waals surface area contributed by atoms with Gasteiger partial charge in [-0.1, -0.05) is 18.2 Å². The summed E-state index contributed by atoms with van der Waals surface area (Å²) in [5.41, 5.74) is 8.73. The Balaban J connectivity index is 2.46. The van der Waals surface area contributed by atoms with E-state index in [9.17, 15) is 4.79 Å². The summed E-state index contributed by atoms with van der Waals surface area (Å²) in [7, 11) is 4.02. The Morgan fingerprint density at radius 3 is 2.74 bits per heavy atom. The van der Waals surface area contributed by atoms with Crippen molar-refractivity contribution in [3.05, 3.63) is 53.7 Å². The summed E-state index contributed by atoms with van der Waals surface area (Å²) in [5, 5.41) is 0. The van der Waals surface area contributed by atoms with Crippen molar-refractivity contribution >= 4 is 5.91 Å². The number of hydrogen-bond acceptors (Lipinski definition) is 3. The van der Waals surface area contributed by atoms with E-state index in [-0.39, 0.29) is 0 Å². The van der Waals surface area contributed by atoms with Crippen LogP contribution >= 0.6 is 0 Å². The number of nitrogens with zero attached hydrogens (tertiary/aromatic N) is 2. The van der Waals surface area contributed by atoms with Crippen molar-refractivity contribution in [2.45, 2.75) is 6.54 Å². The number of hydrogen-bond donors (Lipinski definition) is 1. The molecule has 2 N–H and O–H groups in total. The van der Waals surface area contributed by atoms with Gasteiger partial charge in [0.2, 0.25) is 5.91 Å². The van der Waals surface area contributed by atoms with Crippen LogP contribution in [0.4, 0.5) is 0 Å². The normalized spacial score (nSPS) is 10.7. The van der Waals surface area contributed by atoms with Gasteiger partial charge in [-0.15, -0.1) is 0 Å². The van der Waals surface area contributed by atoms with Gasteiger partial charge in [0.05, 0.1) is 5.69 Å². The van der Waals surface area contributed by atoms with Crippen LogP contribution in [0, 0.1) is 0 Å². The highest BCUT2D eigenvalue weighted by molar-refractivity contribution is 5.94. The first-order chi connectivity index (χ1) is 9.08. The summed E-state index contributed by atoms with van der Waals surface area (Å²) < 4.78 is 0. The number of carbonyl (C=O) groups is 1. The van der Waals surface area contributed by atoms with E-state index in [1.165, 1.54) is 0 Å². The van der Waals surface area contributed by atoms with Crippen LogP contribution in [-0.2, 0) is 6.54 Å². The van der Waals surface area contributed by atoms with Gasteiger partial charge >= 0.3 is 0 Å². The van der Waals surface area contributed by atoms with E-state index in [1.807, 2.05) is 38.4 Å². The average Bonchev–Trinajstić information content (AvgIpc) is 2.39. The highest BCUT2D eigenvalue weighted by Crippen LogP contribution is 2.22. The topological polar surface area (TPSA) is 59.2 Å². The second-order valence-electron chi connectivity index (χ2n) is 4.69. The SMILES string of the molecule is CN(C)Cc1cccnc1-c1cccc(C(N)=O)c1. The Bertz CT molecular complexity index is 593. The maximum absolute atomic E-state index is 11.2. The molecule has 2 rings (SSSR count). The quantitative estimate of drug-likeness (QED) is 0.907. The molecule has 2 aromatic rings. The number of nitrogens with two attached hydrogens (primary N) is 1. The maximum atomic E-state index is 11.2. The summed E-state index contributed by atoms with van der Waals surface area (Å²) in [5.74, 6) is -0.424. The molecule has 1 heterocycles. The third-order valence-corrected chi connectivity index (χ3v) is 2.80. The molecule has 0 unspecified atom stereocenters. The number of amides is 1. The molecule has 0 spiro atoms. The summed E-state index contributed by atoms with van der Waals surface area (Å²) in [6.07, 6.45) is 1.76. The van der Waals surface area contributed by atoms with Crippen LogP contribution in [0.1, 0.15) is 15.9 Å². The molecule has 0 saturated heterocycles. The van der Waals surface area contributed by atoms with Gasteiger partial charge in [-0.2, -0.15) is 0 Å². The van der Waals surface area contributed by atoms with Crippen molar-refractivity contribution in [2.75, 3.05) is 14.1 Å². The van der Waals surface area contributed by atoms with E-state index >= 15 is 0 Å². The molecule has 1 aromatic carbocycles. The summed E-state index contributed by atoms with van der Waals surface area (Å²) in [6.45, 7) is 0.796. The van der Waals surface area contributed by atoms with E-state index in [4.69, 9.17) is 5.73 Å². The molecule has 0 aliphatic heterocycles. The highest BCUT2D eigenvalue weighted by atomic mass is 16.1. The lowest BCUT2D eigenvalue weighted by molar-refractivity contribution is 0.100. The predicted molar refractivity (Wildman–Crippen MR) is 75.6 cm³/mol. The first-order valence-electron chi connectivity index (χ1n) is 6.07. The molecule has 4 heteroatoms. The molecule has 0 bridgehead atoms.